The minimum absolute atomic E-state index is 0.0694. The van der Waals surface area contributed by atoms with Crippen molar-refractivity contribution in [3.05, 3.63) is 30.0 Å². The molecule has 3 aliphatic rings. The van der Waals surface area contributed by atoms with Gasteiger partial charge in [0.15, 0.2) is 5.82 Å². The molecule has 3 N–H and O–H groups in total. The van der Waals surface area contributed by atoms with Gasteiger partial charge in [0.2, 0.25) is 11.9 Å². The molecule has 2 amide bonds. The first kappa shape index (κ1) is 23.3. The smallest absolute Gasteiger partial charge is 0.251 e. The van der Waals surface area contributed by atoms with E-state index in [2.05, 4.69) is 25.8 Å². The highest BCUT2D eigenvalue weighted by Gasteiger charge is 2.31. The Morgan fingerprint density at radius 3 is 2.80 bits per heavy atom. The van der Waals surface area contributed by atoms with Crippen LogP contribution in [0.5, 0.6) is 5.75 Å². The number of hydrogen-bond donors (Lipinski definition) is 3. The molecule has 10 nitrogen and oxygen atoms in total. The summed E-state index contributed by atoms with van der Waals surface area (Å²) >= 11 is 0. The lowest BCUT2D eigenvalue weighted by Gasteiger charge is -2.30. The second-order valence-corrected chi connectivity index (χ2v) is 9.44. The number of nitrogens with one attached hydrogen (secondary N) is 3. The van der Waals surface area contributed by atoms with Gasteiger partial charge in [-0.2, -0.15) is 4.98 Å². The molecule has 0 bridgehead atoms. The quantitative estimate of drug-likeness (QED) is 0.579. The Balaban J connectivity index is 1.40. The van der Waals surface area contributed by atoms with E-state index in [1.807, 2.05) is 0 Å². The maximum Gasteiger partial charge on any atom is 0.251 e. The zero-order valence-electron chi connectivity index (χ0n) is 20.3. The highest BCUT2D eigenvalue weighted by molar-refractivity contribution is 5.97. The Kier molecular flexibility index (Phi) is 6.72. The van der Waals surface area contributed by atoms with Gasteiger partial charge in [0.1, 0.15) is 11.4 Å². The number of carbonyl (C=O) groups excluding carboxylic acids is 2. The fourth-order valence-electron chi connectivity index (χ4n) is 5.17. The van der Waals surface area contributed by atoms with E-state index in [4.69, 9.17) is 9.72 Å². The molecule has 1 saturated heterocycles. The lowest BCUT2D eigenvalue weighted by atomic mass is 10.1. The number of benzene rings is 1. The molecule has 1 aliphatic carbocycles. The van der Waals surface area contributed by atoms with E-state index in [9.17, 15) is 9.59 Å². The van der Waals surface area contributed by atoms with Crippen LogP contribution in [0.1, 0.15) is 48.9 Å². The number of fused-ring (bicyclic) bond motifs is 1. The second-order valence-electron chi connectivity index (χ2n) is 9.44. The molecule has 10 heteroatoms. The van der Waals surface area contributed by atoms with Crippen molar-refractivity contribution in [2.24, 2.45) is 0 Å². The van der Waals surface area contributed by atoms with Crippen LogP contribution in [0.2, 0.25) is 0 Å². The third-order valence-corrected chi connectivity index (χ3v) is 7.20. The van der Waals surface area contributed by atoms with Crippen molar-refractivity contribution in [2.45, 2.75) is 50.6 Å². The van der Waals surface area contributed by atoms with Gasteiger partial charge < -0.3 is 30.5 Å². The van der Waals surface area contributed by atoms with Crippen LogP contribution < -0.4 is 30.5 Å². The third-order valence-electron chi connectivity index (χ3n) is 7.20. The van der Waals surface area contributed by atoms with Crippen LogP contribution in [0.3, 0.4) is 0 Å². The molecule has 2 aromatic rings. The van der Waals surface area contributed by atoms with Crippen LogP contribution in [-0.4, -0.2) is 67.7 Å². The van der Waals surface area contributed by atoms with Gasteiger partial charge in [0.05, 0.1) is 19.0 Å². The summed E-state index contributed by atoms with van der Waals surface area (Å²) in [5.74, 6) is 1.68. The van der Waals surface area contributed by atoms with Gasteiger partial charge in [-0.05, 0) is 44.0 Å². The Morgan fingerprint density at radius 1 is 1.23 bits per heavy atom. The average Bonchev–Trinajstić information content (AvgIpc) is 3.57. The maximum absolute atomic E-state index is 12.7. The summed E-state index contributed by atoms with van der Waals surface area (Å²) in [5.41, 5.74) is 1.93. The lowest BCUT2D eigenvalue weighted by molar-refractivity contribution is -0.118. The monoisotopic (exact) mass is 479 g/mol. The molecule has 0 unspecified atom stereocenters. The number of methoxy groups -OCH3 is 1. The van der Waals surface area contributed by atoms with Crippen molar-refractivity contribution in [1.82, 2.24) is 20.6 Å². The number of carbonyl (C=O) groups is 2. The predicted molar refractivity (Wildman–Crippen MR) is 135 cm³/mol. The molecule has 1 aromatic heterocycles. The van der Waals surface area contributed by atoms with E-state index in [0.29, 0.717) is 42.0 Å². The summed E-state index contributed by atoms with van der Waals surface area (Å²) in [6.07, 6.45) is 7.71. The Morgan fingerprint density at radius 2 is 2.06 bits per heavy atom. The Bertz CT molecular complexity index is 1100. The predicted octanol–water partition coefficient (Wildman–Crippen LogP) is 2.44. The van der Waals surface area contributed by atoms with Crippen molar-refractivity contribution in [2.75, 3.05) is 48.9 Å². The van der Waals surface area contributed by atoms with Crippen LogP contribution in [0.4, 0.5) is 23.1 Å². The van der Waals surface area contributed by atoms with E-state index in [0.717, 1.165) is 43.9 Å². The summed E-state index contributed by atoms with van der Waals surface area (Å²) in [6, 6.07) is 5.83. The number of nitrogens with zero attached hydrogens (tertiary/aromatic N) is 4. The average molecular weight is 480 g/mol. The number of aromatic nitrogens is 2. The van der Waals surface area contributed by atoms with Gasteiger partial charge in [-0.3, -0.25) is 9.59 Å². The highest BCUT2D eigenvalue weighted by Crippen LogP contribution is 2.37. The van der Waals surface area contributed by atoms with Crippen LogP contribution in [0.15, 0.2) is 24.4 Å². The normalized spacial score (nSPS) is 20.5. The number of amides is 2. The second kappa shape index (κ2) is 10.1. The maximum atomic E-state index is 12.7. The molecule has 5 rings (SSSR count). The van der Waals surface area contributed by atoms with Crippen molar-refractivity contribution < 1.29 is 14.3 Å². The summed E-state index contributed by atoms with van der Waals surface area (Å²) in [7, 11) is 3.35. The zero-order chi connectivity index (χ0) is 24.4. The highest BCUT2D eigenvalue weighted by atomic mass is 16.5. The fraction of sp³-hybridized carbons (Fsp3) is 0.520. The van der Waals surface area contributed by atoms with Crippen molar-refractivity contribution in [3.63, 3.8) is 0 Å². The molecule has 2 fully saturated rings. The first-order valence-electron chi connectivity index (χ1n) is 12.4. The molecule has 3 heterocycles. The SMILES string of the molecule is COc1cc(C(=O)N[C@@H]2CCNC2)ccc1Nc1ncc2c(n1)N(C1CCCC1)CCC(=O)N2C. The zero-order valence-corrected chi connectivity index (χ0v) is 20.3. The molecule has 186 valence electrons. The molecular formula is C25H33N7O3. The minimum Gasteiger partial charge on any atom is -0.495 e. The first-order chi connectivity index (χ1) is 17.0. The largest absolute Gasteiger partial charge is 0.495 e. The van der Waals surface area contributed by atoms with Gasteiger partial charge in [-0.25, -0.2) is 4.98 Å². The molecule has 1 saturated carbocycles. The van der Waals surface area contributed by atoms with Crippen LogP contribution in [0, 0.1) is 0 Å². The number of rotatable bonds is 6. The van der Waals surface area contributed by atoms with E-state index < -0.39 is 0 Å². The minimum atomic E-state index is -0.121. The van der Waals surface area contributed by atoms with Crippen molar-refractivity contribution in [3.8, 4) is 5.75 Å². The lowest BCUT2D eigenvalue weighted by Crippen LogP contribution is -2.36. The summed E-state index contributed by atoms with van der Waals surface area (Å²) < 4.78 is 5.57. The van der Waals surface area contributed by atoms with E-state index in [1.54, 1.807) is 43.5 Å². The summed E-state index contributed by atoms with van der Waals surface area (Å²) in [5, 5.41) is 9.56. The van der Waals surface area contributed by atoms with Crippen LogP contribution >= 0.6 is 0 Å². The standard InChI is InChI=1S/C25H33N7O3/c1-31-20-15-27-25(30-23(20)32(12-10-22(31)33)18-5-3-4-6-18)29-19-8-7-16(13-21(19)35-2)24(34)28-17-9-11-26-14-17/h7-8,13,15,17-18,26H,3-6,9-12,14H2,1-2H3,(H,28,34)(H,27,29,30)/t17-/m1/s1. The topological polar surface area (TPSA) is 112 Å². The van der Waals surface area contributed by atoms with Gasteiger partial charge >= 0.3 is 0 Å². The number of anilines is 4. The van der Waals surface area contributed by atoms with Gasteiger partial charge in [-0.1, -0.05) is 12.8 Å². The Hall–Kier alpha value is -3.40. The third kappa shape index (κ3) is 4.88. The molecule has 1 aromatic carbocycles. The number of ether oxygens (including phenoxy) is 1. The summed E-state index contributed by atoms with van der Waals surface area (Å²) in [4.78, 5) is 38.5. The van der Waals surface area contributed by atoms with Crippen molar-refractivity contribution in [1.29, 1.82) is 0 Å². The molecule has 1 atom stereocenters. The fourth-order valence-corrected chi connectivity index (χ4v) is 5.17. The van der Waals surface area contributed by atoms with Crippen molar-refractivity contribution >= 4 is 35.0 Å². The Labute approximate surface area is 205 Å². The van der Waals surface area contributed by atoms with E-state index in [-0.39, 0.29) is 17.9 Å². The molecular weight excluding hydrogens is 446 g/mol. The van der Waals surface area contributed by atoms with Gasteiger partial charge in [0, 0.05) is 44.2 Å². The number of hydrogen-bond acceptors (Lipinski definition) is 8. The van der Waals surface area contributed by atoms with Gasteiger partial charge in [0.25, 0.3) is 5.91 Å². The first-order valence-corrected chi connectivity index (χ1v) is 12.4. The van der Waals surface area contributed by atoms with Gasteiger partial charge in [-0.15, -0.1) is 0 Å². The molecule has 35 heavy (non-hydrogen) atoms. The summed E-state index contributed by atoms with van der Waals surface area (Å²) in [6.45, 7) is 2.36. The van der Waals surface area contributed by atoms with E-state index in [1.165, 1.54) is 12.8 Å². The van der Waals surface area contributed by atoms with E-state index >= 15 is 0 Å². The molecule has 0 radical (unpaired) electrons. The van der Waals surface area contributed by atoms with Crippen LogP contribution in [0.25, 0.3) is 0 Å². The molecule has 2 aliphatic heterocycles. The van der Waals surface area contributed by atoms with Crippen LogP contribution in [-0.2, 0) is 4.79 Å². The molecule has 0 spiro atoms.